The van der Waals surface area contributed by atoms with Crippen LogP contribution in [0.2, 0.25) is 0 Å². The van der Waals surface area contributed by atoms with Crippen LogP contribution >= 0.6 is 11.3 Å². The Hall–Kier alpha value is -1.73. The zero-order chi connectivity index (χ0) is 15.0. The Morgan fingerprint density at radius 3 is 2.90 bits per heavy atom. The highest BCUT2D eigenvalue weighted by Crippen LogP contribution is 2.13. The van der Waals surface area contributed by atoms with Crippen molar-refractivity contribution in [1.82, 2.24) is 9.88 Å². The molecule has 0 aliphatic rings. The number of carbonyl (C=O) groups is 2. The van der Waals surface area contributed by atoms with Crippen LogP contribution in [0.25, 0.3) is 0 Å². The maximum Gasteiger partial charge on any atom is 0.367 e. The molecule has 0 aliphatic carbocycles. The highest BCUT2D eigenvalue weighted by Gasteiger charge is 2.20. The molecule has 1 rings (SSSR count). The highest BCUT2D eigenvalue weighted by molar-refractivity contribution is 7.11. The lowest BCUT2D eigenvalue weighted by Crippen LogP contribution is -2.34. The maximum absolute atomic E-state index is 12.2. The van der Waals surface area contributed by atoms with Crippen LogP contribution in [0.1, 0.15) is 27.2 Å². The Balaban J connectivity index is 2.78. The first-order valence-electron chi connectivity index (χ1n) is 6.15. The SMILES string of the molecule is C=CCN(CCOC)C(=O)c1csc(C(=O)OCC)n1. The van der Waals surface area contributed by atoms with Gasteiger partial charge in [-0.05, 0) is 6.92 Å². The topological polar surface area (TPSA) is 68.7 Å². The second kappa shape index (κ2) is 8.44. The fourth-order valence-electron chi connectivity index (χ4n) is 1.45. The van der Waals surface area contributed by atoms with Crippen molar-refractivity contribution in [1.29, 1.82) is 0 Å². The number of ether oxygens (including phenoxy) is 2. The van der Waals surface area contributed by atoms with E-state index in [-0.39, 0.29) is 23.2 Å². The average Bonchev–Trinajstić information content (AvgIpc) is 2.93. The van der Waals surface area contributed by atoms with Gasteiger partial charge in [-0.25, -0.2) is 9.78 Å². The molecule has 1 heterocycles. The highest BCUT2D eigenvalue weighted by atomic mass is 32.1. The minimum atomic E-state index is -0.510. The lowest BCUT2D eigenvalue weighted by atomic mass is 10.3. The van der Waals surface area contributed by atoms with Crippen molar-refractivity contribution in [3.8, 4) is 0 Å². The van der Waals surface area contributed by atoms with Crippen LogP contribution in [0.3, 0.4) is 0 Å². The van der Waals surface area contributed by atoms with Crippen molar-refractivity contribution < 1.29 is 19.1 Å². The summed E-state index contributed by atoms with van der Waals surface area (Å²) in [6, 6.07) is 0. The van der Waals surface area contributed by atoms with Crippen molar-refractivity contribution in [2.24, 2.45) is 0 Å². The van der Waals surface area contributed by atoms with Crippen molar-refractivity contribution in [3.63, 3.8) is 0 Å². The predicted octanol–water partition coefficient (Wildman–Crippen LogP) is 1.59. The average molecular weight is 298 g/mol. The van der Waals surface area contributed by atoms with Gasteiger partial charge in [0.1, 0.15) is 5.69 Å². The summed E-state index contributed by atoms with van der Waals surface area (Å²) < 4.78 is 9.80. The molecule has 110 valence electrons. The van der Waals surface area contributed by atoms with E-state index >= 15 is 0 Å². The van der Waals surface area contributed by atoms with Crippen LogP contribution in [-0.4, -0.2) is 55.2 Å². The number of hydrogen-bond acceptors (Lipinski definition) is 6. The van der Waals surface area contributed by atoms with E-state index in [0.717, 1.165) is 11.3 Å². The van der Waals surface area contributed by atoms with Crippen molar-refractivity contribution in [3.05, 3.63) is 28.7 Å². The van der Waals surface area contributed by atoms with Crippen molar-refractivity contribution in [2.45, 2.75) is 6.92 Å². The summed E-state index contributed by atoms with van der Waals surface area (Å²) in [5, 5.41) is 1.73. The lowest BCUT2D eigenvalue weighted by Gasteiger charge is -2.19. The molecular weight excluding hydrogens is 280 g/mol. The fourth-order valence-corrected chi connectivity index (χ4v) is 2.14. The van der Waals surface area contributed by atoms with Gasteiger partial charge in [-0.15, -0.1) is 17.9 Å². The third kappa shape index (κ3) is 4.43. The van der Waals surface area contributed by atoms with Gasteiger partial charge in [0.05, 0.1) is 13.2 Å². The number of aromatic nitrogens is 1. The third-order valence-electron chi connectivity index (χ3n) is 2.38. The van der Waals surface area contributed by atoms with Crippen LogP contribution in [0.15, 0.2) is 18.0 Å². The van der Waals surface area contributed by atoms with E-state index in [9.17, 15) is 9.59 Å². The molecule has 0 radical (unpaired) electrons. The van der Waals surface area contributed by atoms with E-state index in [1.54, 1.807) is 30.4 Å². The minimum Gasteiger partial charge on any atom is -0.461 e. The zero-order valence-corrected chi connectivity index (χ0v) is 12.4. The predicted molar refractivity (Wildman–Crippen MR) is 76.0 cm³/mol. The van der Waals surface area contributed by atoms with Gasteiger partial charge in [-0.2, -0.15) is 0 Å². The molecule has 1 amide bonds. The number of carbonyl (C=O) groups excluding carboxylic acids is 2. The Morgan fingerprint density at radius 1 is 1.55 bits per heavy atom. The molecule has 20 heavy (non-hydrogen) atoms. The standard InChI is InChI=1S/C13H18N2O4S/c1-4-6-15(7-8-18-3)12(16)10-9-20-11(14-10)13(17)19-5-2/h4,9H,1,5-8H2,2-3H3. The van der Waals surface area contributed by atoms with Crippen LogP contribution in [-0.2, 0) is 9.47 Å². The van der Waals surface area contributed by atoms with Gasteiger partial charge in [0, 0.05) is 25.6 Å². The first kappa shape index (κ1) is 16.3. The quantitative estimate of drug-likeness (QED) is 0.538. The number of hydrogen-bond donors (Lipinski definition) is 0. The number of nitrogens with zero attached hydrogens (tertiary/aromatic N) is 2. The van der Waals surface area contributed by atoms with Crippen molar-refractivity contribution >= 4 is 23.2 Å². The molecule has 0 N–H and O–H groups in total. The lowest BCUT2D eigenvalue weighted by molar-refractivity contribution is 0.0525. The number of esters is 1. The Kier molecular flexibility index (Phi) is 6.89. The van der Waals surface area contributed by atoms with Gasteiger partial charge >= 0.3 is 5.97 Å². The summed E-state index contributed by atoms with van der Waals surface area (Å²) in [6.07, 6.45) is 1.63. The second-order valence-electron chi connectivity index (χ2n) is 3.79. The number of methoxy groups -OCH3 is 1. The Bertz CT molecular complexity index is 473. The Morgan fingerprint density at radius 2 is 2.30 bits per heavy atom. The summed E-state index contributed by atoms with van der Waals surface area (Å²) >= 11 is 1.10. The molecule has 0 atom stereocenters. The van der Waals surface area contributed by atoms with Crippen LogP contribution in [0.5, 0.6) is 0 Å². The summed E-state index contributed by atoms with van der Waals surface area (Å²) in [7, 11) is 1.57. The van der Waals surface area contributed by atoms with E-state index in [1.165, 1.54) is 0 Å². The minimum absolute atomic E-state index is 0.181. The number of amides is 1. The molecule has 7 heteroatoms. The molecule has 0 aliphatic heterocycles. The molecule has 0 spiro atoms. The van der Waals surface area contributed by atoms with Gasteiger partial charge in [0.15, 0.2) is 0 Å². The van der Waals surface area contributed by atoms with Gasteiger partial charge in [-0.1, -0.05) is 6.08 Å². The largest absolute Gasteiger partial charge is 0.461 e. The summed E-state index contributed by atoms with van der Waals surface area (Å²) in [5.41, 5.74) is 0.232. The fraction of sp³-hybridized carbons (Fsp3) is 0.462. The maximum atomic E-state index is 12.2. The molecular formula is C13H18N2O4S. The molecule has 1 aromatic heterocycles. The van der Waals surface area contributed by atoms with E-state index in [2.05, 4.69) is 11.6 Å². The number of thiazole rings is 1. The van der Waals surface area contributed by atoms with Gasteiger partial charge < -0.3 is 14.4 Å². The zero-order valence-electron chi connectivity index (χ0n) is 11.6. The first-order chi connectivity index (χ1) is 9.63. The second-order valence-corrected chi connectivity index (χ2v) is 4.65. The van der Waals surface area contributed by atoms with Gasteiger partial charge in [0.2, 0.25) is 5.01 Å². The summed E-state index contributed by atoms with van der Waals surface area (Å²) in [6.45, 7) is 6.87. The van der Waals surface area contributed by atoms with E-state index in [0.29, 0.717) is 19.7 Å². The summed E-state index contributed by atoms with van der Waals surface area (Å²) in [4.78, 5) is 29.3. The molecule has 0 saturated carbocycles. The van der Waals surface area contributed by atoms with E-state index in [1.807, 2.05) is 0 Å². The number of rotatable bonds is 8. The van der Waals surface area contributed by atoms with E-state index < -0.39 is 5.97 Å². The normalized spacial score (nSPS) is 10.1. The monoisotopic (exact) mass is 298 g/mol. The molecule has 1 aromatic rings. The molecule has 6 nitrogen and oxygen atoms in total. The van der Waals surface area contributed by atoms with Crippen molar-refractivity contribution in [2.75, 3.05) is 33.4 Å². The first-order valence-corrected chi connectivity index (χ1v) is 7.03. The molecule has 0 saturated heterocycles. The third-order valence-corrected chi connectivity index (χ3v) is 3.20. The van der Waals surface area contributed by atoms with Gasteiger partial charge in [0.25, 0.3) is 5.91 Å². The molecule has 0 fully saturated rings. The van der Waals surface area contributed by atoms with Gasteiger partial charge in [-0.3, -0.25) is 4.79 Å². The van der Waals surface area contributed by atoms with Crippen LogP contribution < -0.4 is 0 Å². The molecule has 0 aromatic carbocycles. The molecule has 0 bridgehead atoms. The van der Waals surface area contributed by atoms with Crippen LogP contribution in [0, 0.1) is 0 Å². The summed E-state index contributed by atoms with van der Waals surface area (Å²) in [5.74, 6) is -0.766. The smallest absolute Gasteiger partial charge is 0.367 e. The Labute approximate surface area is 122 Å². The van der Waals surface area contributed by atoms with Crippen LogP contribution in [0.4, 0.5) is 0 Å². The van der Waals surface area contributed by atoms with E-state index in [4.69, 9.17) is 9.47 Å². The molecule has 0 unspecified atom stereocenters.